The first-order chi connectivity index (χ1) is 5.81. The Labute approximate surface area is 92.3 Å². The van der Waals surface area contributed by atoms with Crippen molar-refractivity contribution >= 4 is 40.7 Å². The number of halogens is 3. The Hall–Kier alpha value is 0.300. The zero-order chi connectivity index (χ0) is 10.6. The normalized spacial score (nSPS) is 14.4. The van der Waals surface area contributed by atoms with E-state index in [-0.39, 0.29) is 17.7 Å². The summed E-state index contributed by atoms with van der Waals surface area (Å²) >= 11 is 16.6. The van der Waals surface area contributed by atoms with Crippen LogP contribution in [0.4, 0.5) is 0 Å². The molecule has 13 heavy (non-hydrogen) atoms. The molecule has 0 aromatic heterocycles. The summed E-state index contributed by atoms with van der Waals surface area (Å²) in [5, 5.41) is 11.6. The van der Waals surface area contributed by atoms with Crippen LogP contribution in [-0.4, -0.2) is 27.5 Å². The highest BCUT2D eigenvalue weighted by Crippen LogP contribution is 2.25. The molecule has 1 amide bonds. The van der Waals surface area contributed by atoms with Crippen molar-refractivity contribution in [3.05, 3.63) is 0 Å². The third-order valence-electron chi connectivity index (χ3n) is 1.38. The van der Waals surface area contributed by atoms with Gasteiger partial charge in [0.15, 0.2) is 10.6 Å². The van der Waals surface area contributed by atoms with E-state index < -0.39 is 10.6 Å². The Morgan fingerprint density at radius 3 is 2.31 bits per heavy atom. The van der Waals surface area contributed by atoms with E-state index in [0.29, 0.717) is 0 Å². The summed E-state index contributed by atoms with van der Waals surface area (Å²) < 4.78 is -1.55. The molecule has 0 rings (SSSR count). The summed E-state index contributed by atoms with van der Waals surface area (Å²) in [5.74, 6) is -0.743. The molecule has 0 heterocycles. The molecule has 0 radical (unpaired) electrons. The second-order valence-electron chi connectivity index (χ2n) is 2.96. The maximum Gasteiger partial charge on any atom is 0.224 e. The molecule has 0 aliphatic rings. The van der Waals surface area contributed by atoms with Crippen molar-refractivity contribution in [2.24, 2.45) is 5.92 Å². The molecule has 0 aliphatic carbocycles. The van der Waals surface area contributed by atoms with Crippen LogP contribution in [-0.2, 0) is 4.79 Å². The average molecular weight is 249 g/mol. The number of aliphatic hydroxyl groups is 1. The first-order valence-electron chi connectivity index (χ1n) is 3.73. The van der Waals surface area contributed by atoms with Crippen molar-refractivity contribution in [2.45, 2.75) is 24.4 Å². The van der Waals surface area contributed by atoms with Crippen LogP contribution in [0.3, 0.4) is 0 Å². The van der Waals surface area contributed by atoms with Crippen molar-refractivity contribution < 1.29 is 9.90 Å². The van der Waals surface area contributed by atoms with Crippen LogP contribution in [0.1, 0.15) is 13.8 Å². The lowest BCUT2D eigenvalue weighted by atomic mass is 10.2. The van der Waals surface area contributed by atoms with Crippen LogP contribution in [0.5, 0.6) is 0 Å². The molecular weight excluding hydrogens is 236 g/mol. The number of carbonyl (C=O) groups is 1. The summed E-state index contributed by atoms with van der Waals surface area (Å²) in [4.78, 5) is 11.1. The van der Waals surface area contributed by atoms with Crippen LogP contribution in [0, 0.1) is 5.92 Å². The van der Waals surface area contributed by atoms with E-state index in [2.05, 4.69) is 5.32 Å². The fourth-order valence-electron chi connectivity index (χ4n) is 0.480. The van der Waals surface area contributed by atoms with Crippen molar-refractivity contribution in [1.82, 2.24) is 5.32 Å². The highest BCUT2D eigenvalue weighted by Gasteiger charge is 2.34. The van der Waals surface area contributed by atoms with Crippen molar-refractivity contribution in [3.8, 4) is 0 Å². The molecule has 0 aromatic rings. The molecule has 1 atom stereocenters. The van der Waals surface area contributed by atoms with Gasteiger partial charge in [0.25, 0.3) is 0 Å². The SMILES string of the molecule is CC(C)C(=O)NC(O)C(Cl)(Cl)CCl. The minimum absolute atomic E-state index is 0.171. The number of alkyl halides is 3. The van der Waals surface area contributed by atoms with Gasteiger partial charge in [-0.05, 0) is 0 Å². The third-order valence-corrected chi connectivity index (χ3v) is 2.76. The van der Waals surface area contributed by atoms with E-state index in [0.717, 1.165) is 0 Å². The van der Waals surface area contributed by atoms with Gasteiger partial charge < -0.3 is 10.4 Å². The maximum absolute atomic E-state index is 11.1. The number of hydrogen-bond donors (Lipinski definition) is 2. The number of carbonyl (C=O) groups excluding carboxylic acids is 1. The van der Waals surface area contributed by atoms with E-state index in [1.165, 1.54) is 0 Å². The molecule has 0 bridgehead atoms. The molecule has 3 nitrogen and oxygen atoms in total. The monoisotopic (exact) mass is 247 g/mol. The number of hydrogen-bond acceptors (Lipinski definition) is 2. The van der Waals surface area contributed by atoms with Crippen molar-refractivity contribution in [1.29, 1.82) is 0 Å². The first kappa shape index (κ1) is 13.3. The zero-order valence-electron chi connectivity index (χ0n) is 7.35. The van der Waals surface area contributed by atoms with Gasteiger partial charge in [-0.1, -0.05) is 37.0 Å². The molecule has 0 saturated carbocycles. The standard InChI is InChI=1S/C7H12Cl3NO2/c1-4(2)5(12)11-6(13)7(9,10)3-8/h4,6,13H,3H2,1-2H3,(H,11,12). The molecule has 1 unspecified atom stereocenters. The molecule has 6 heteroatoms. The second kappa shape index (κ2) is 5.25. The Kier molecular flexibility index (Phi) is 5.37. The summed E-state index contributed by atoms with van der Waals surface area (Å²) in [6.45, 7) is 3.37. The molecule has 2 N–H and O–H groups in total. The van der Waals surface area contributed by atoms with Gasteiger partial charge in [-0.25, -0.2) is 0 Å². The minimum atomic E-state index is -1.55. The molecular formula is C7H12Cl3NO2. The molecule has 0 fully saturated rings. The van der Waals surface area contributed by atoms with E-state index in [1.807, 2.05) is 0 Å². The second-order valence-corrected chi connectivity index (χ2v) is 4.77. The van der Waals surface area contributed by atoms with Gasteiger partial charge in [0.05, 0.1) is 5.88 Å². The first-order valence-corrected chi connectivity index (χ1v) is 5.02. The lowest BCUT2D eigenvalue weighted by Crippen LogP contribution is -2.48. The highest BCUT2D eigenvalue weighted by molar-refractivity contribution is 6.52. The lowest BCUT2D eigenvalue weighted by molar-refractivity contribution is -0.127. The van der Waals surface area contributed by atoms with Gasteiger partial charge >= 0.3 is 0 Å². The number of rotatable bonds is 4. The predicted octanol–water partition coefficient (Wildman–Crippen LogP) is 1.49. The Balaban J connectivity index is 4.15. The number of aliphatic hydroxyl groups excluding tert-OH is 1. The fraction of sp³-hybridized carbons (Fsp3) is 0.857. The van der Waals surface area contributed by atoms with Crippen molar-refractivity contribution in [2.75, 3.05) is 5.88 Å². The van der Waals surface area contributed by atoms with Gasteiger partial charge in [0, 0.05) is 5.92 Å². The van der Waals surface area contributed by atoms with Crippen LogP contribution >= 0.6 is 34.8 Å². The molecule has 78 valence electrons. The summed E-state index contributed by atoms with van der Waals surface area (Å²) in [6.07, 6.45) is -1.36. The quantitative estimate of drug-likeness (QED) is 0.585. The topological polar surface area (TPSA) is 49.3 Å². The Bertz CT molecular complexity index is 185. The van der Waals surface area contributed by atoms with Crippen LogP contribution < -0.4 is 5.32 Å². The molecule has 0 aromatic carbocycles. The van der Waals surface area contributed by atoms with Crippen molar-refractivity contribution in [3.63, 3.8) is 0 Å². The highest BCUT2D eigenvalue weighted by atomic mass is 35.5. The van der Waals surface area contributed by atoms with Gasteiger partial charge in [0.1, 0.15) is 0 Å². The molecule has 0 aliphatic heterocycles. The minimum Gasteiger partial charge on any atom is -0.370 e. The van der Waals surface area contributed by atoms with Gasteiger partial charge in [-0.15, -0.1) is 11.6 Å². The number of amides is 1. The van der Waals surface area contributed by atoms with E-state index in [9.17, 15) is 9.90 Å². The predicted molar refractivity (Wildman–Crippen MR) is 54.1 cm³/mol. The van der Waals surface area contributed by atoms with Gasteiger partial charge in [0.2, 0.25) is 5.91 Å². The Morgan fingerprint density at radius 2 is 2.00 bits per heavy atom. The zero-order valence-corrected chi connectivity index (χ0v) is 9.62. The Morgan fingerprint density at radius 1 is 1.54 bits per heavy atom. The maximum atomic E-state index is 11.1. The van der Waals surface area contributed by atoms with E-state index in [1.54, 1.807) is 13.8 Å². The van der Waals surface area contributed by atoms with E-state index in [4.69, 9.17) is 34.8 Å². The van der Waals surface area contributed by atoms with Gasteiger partial charge in [-0.2, -0.15) is 0 Å². The van der Waals surface area contributed by atoms with E-state index >= 15 is 0 Å². The lowest BCUT2D eigenvalue weighted by Gasteiger charge is -2.24. The summed E-state index contributed by atoms with van der Waals surface area (Å²) in [7, 11) is 0. The molecule has 0 spiro atoms. The summed E-state index contributed by atoms with van der Waals surface area (Å²) in [5.41, 5.74) is 0. The number of nitrogens with one attached hydrogen (secondary N) is 1. The van der Waals surface area contributed by atoms with Crippen LogP contribution in [0.15, 0.2) is 0 Å². The van der Waals surface area contributed by atoms with Crippen LogP contribution in [0.25, 0.3) is 0 Å². The molecule has 0 saturated heterocycles. The fourth-order valence-corrected chi connectivity index (χ4v) is 0.735. The largest absolute Gasteiger partial charge is 0.370 e. The van der Waals surface area contributed by atoms with Gasteiger partial charge in [-0.3, -0.25) is 4.79 Å². The smallest absolute Gasteiger partial charge is 0.224 e. The van der Waals surface area contributed by atoms with Crippen LogP contribution in [0.2, 0.25) is 0 Å². The average Bonchev–Trinajstić information content (AvgIpc) is 2.04. The summed E-state index contributed by atoms with van der Waals surface area (Å²) in [6, 6.07) is 0. The third kappa shape index (κ3) is 4.36.